The summed E-state index contributed by atoms with van der Waals surface area (Å²) in [4.78, 5) is 25.0. The quantitative estimate of drug-likeness (QED) is 0.199. The molecule has 0 saturated heterocycles. The third-order valence-electron chi connectivity index (χ3n) is 7.73. The minimum atomic E-state index is -4.98. The molecule has 12 heteroatoms. The highest BCUT2D eigenvalue weighted by molar-refractivity contribution is 5.92. The Bertz CT molecular complexity index is 1650. The van der Waals surface area contributed by atoms with E-state index < -0.39 is 29.7 Å². The molecule has 4 aromatic rings. The van der Waals surface area contributed by atoms with Crippen LogP contribution in [0.2, 0.25) is 0 Å². The molecule has 42 heavy (non-hydrogen) atoms. The monoisotopic (exact) mass is 585 g/mol. The highest BCUT2D eigenvalue weighted by atomic mass is 19.4. The maximum atomic E-state index is 14.6. The van der Waals surface area contributed by atoms with Gasteiger partial charge in [0.25, 0.3) is 0 Å². The summed E-state index contributed by atoms with van der Waals surface area (Å²) in [5, 5.41) is 13.1. The molecule has 2 aromatic carbocycles. The number of halogens is 4. The average molecular weight is 586 g/mol. The van der Waals surface area contributed by atoms with Gasteiger partial charge in [-0.1, -0.05) is 38.5 Å². The lowest BCUT2D eigenvalue weighted by molar-refractivity contribution is -0.274. The third kappa shape index (κ3) is 6.02. The number of carbonyl (C=O) groups is 1. The Morgan fingerprint density at radius 2 is 1.86 bits per heavy atom. The van der Waals surface area contributed by atoms with Crippen molar-refractivity contribution in [1.29, 1.82) is 0 Å². The number of benzene rings is 2. The molecule has 0 aliphatic heterocycles. The van der Waals surface area contributed by atoms with Crippen molar-refractivity contribution < 1.29 is 32.2 Å². The lowest BCUT2D eigenvalue weighted by Crippen LogP contribution is -2.31. The standard InChI is InChI=1S/C30H31F4N5O3/c1-15(2)20-10-11-23(42-30(32,33)34)21(13-20)28-38-26-24(39(28)14-18-9-8-16(3)22(31)12-18)25(36-27(37-26)29(40)41)35-17(4)19-6-5-7-19/h8-13,15,17,19H,5-7,14H2,1-4H3,(H,40,41)(H,35,36,37)/t17-/m1/s1. The van der Waals surface area contributed by atoms with E-state index in [1.165, 1.54) is 12.1 Å². The maximum Gasteiger partial charge on any atom is 0.573 e. The summed E-state index contributed by atoms with van der Waals surface area (Å²) in [6.45, 7) is 7.38. The Hall–Kier alpha value is -4.22. The number of aromatic carboxylic acids is 1. The molecule has 0 unspecified atom stereocenters. The number of rotatable bonds is 9. The molecular formula is C30H31F4N5O3. The number of nitrogens with zero attached hydrogens (tertiary/aromatic N) is 4. The van der Waals surface area contributed by atoms with Crippen LogP contribution in [0.25, 0.3) is 22.6 Å². The van der Waals surface area contributed by atoms with Crippen LogP contribution in [0.15, 0.2) is 36.4 Å². The molecule has 0 radical (unpaired) electrons. The number of carboxylic acids is 1. The van der Waals surface area contributed by atoms with Crippen molar-refractivity contribution in [2.24, 2.45) is 5.92 Å². The van der Waals surface area contributed by atoms with E-state index in [1.807, 2.05) is 20.8 Å². The van der Waals surface area contributed by atoms with Crippen LogP contribution in [0.3, 0.4) is 0 Å². The van der Waals surface area contributed by atoms with Gasteiger partial charge in [0.05, 0.1) is 5.56 Å². The molecule has 1 aliphatic carbocycles. The zero-order chi connectivity index (χ0) is 30.3. The summed E-state index contributed by atoms with van der Waals surface area (Å²) in [5.41, 5.74) is 1.97. The van der Waals surface area contributed by atoms with Crippen molar-refractivity contribution in [2.75, 3.05) is 5.32 Å². The molecule has 0 amide bonds. The van der Waals surface area contributed by atoms with Gasteiger partial charge in [0, 0.05) is 12.6 Å². The largest absolute Gasteiger partial charge is 0.573 e. The average Bonchev–Trinajstić information content (AvgIpc) is 3.22. The molecule has 2 N–H and O–H groups in total. The van der Waals surface area contributed by atoms with Crippen molar-refractivity contribution in [2.45, 2.75) is 71.8 Å². The molecule has 2 aromatic heterocycles. The smallest absolute Gasteiger partial charge is 0.475 e. The van der Waals surface area contributed by atoms with Gasteiger partial charge >= 0.3 is 12.3 Å². The lowest BCUT2D eigenvalue weighted by atomic mass is 9.80. The first-order valence-corrected chi connectivity index (χ1v) is 13.7. The topological polar surface area (TPSA) is 102 Å². The van der Waals surface area contributed by atoms with Crippen molar-refractivity contribution in [3.05, 3.63) is 64.7 Å². The van der Waals surface area contributed by atoms with Crippen molar-refractivity contribution in [3.63, 3.8) is 0 Å². The van der Waals surface area contributed by atoms with Gasteiger partial charge in [-0.3, -0.25) is 0 Å². The summed E-state index contributed by atoms with van der Waals surface area (Å²) < 4.78 is 61.1. The Balaban J connectivity index is 1.79. The first kappa shape index (κ1) is 29.3. The zero-order valence-corrected chi connectivity index (χ0v) is 23.6. The summed E-state index contributed by atoms with van der Waals surface area (Å²) in [6.07, 6.45) is -1.89. The number of hydrogen-bond acceptors (Lipinski definition) is 6. The summed E-state index contributed by atoms with van der Waals surface area (Å²) >= 11 is 0. The van der Waals surface area contributed by atoms with Crippen molar-refractivity contribution >= 4 is 23.0 Å². The summed E-state index contributed by atoms with van der Waals surface area (Å²) in [5.74, 6) is -2.27. The molecular weight excluding hydrogens is 554 g/mol. The van der Waals surface area contributed by atoms with Crippen LogP contribution in [0.5, 0.6) is 5.75 Å². The van der Waals surface area contributed by atoms with Gasteiger partial charge in [-0.15, -0.1) is 13.2 Å². The second kappa shape index (κ2) is 11.2. The highest BCUT2D eigenvalue weighted by Gasteiger charge is 2.34. The predicted octanol–water partition coefficient (Wildman–Crippen LogP) is 7.31. The van der Waals surface area contributed by atoms with Gasteiger partial charge in [0.2, 0.25) is 5.82 Å². The normalized spacial score (nSPS) is 14.7. The Labute approximate surface area is 239 Å². The van der Waals surface area contributed by atoms with Crippen LogP contribution < -0.4 is 10.1 Å². The SMILES string of the molecule is Cc1ccc(Cn2c(-c3cc(C(C)C)ccc3OC(F)(F)F)nc3nc(C(=O)O)nc(N[C@H](C)C4CCC4)c32)cc1F. The molecule has 1 atom stereocenters. The minimum Gasteiger partial charge on any atom is -0.475 e. The fraction of sp³-hybridized carbons (Fsp3) is 0.400. The first-order chi connectivity index (χ1) is 19.8. The Kier molecular flexibility index (Phi) is 7.82. The summed E-state index contributed by atoms with van der Waals surface area (Å²) in [7, 11) is 0. The van der Waals surface area contributed by atoms with Gasteiger partial charge < -0.3 is 19.7 Å². The minimum absolute atomic E-state index is 0.0112. The molecule has 222 valence electrons. The van der Waals surface area contributed by atoms with Crippen LogP contribution in [0.1, 0.15) is 73.3 Å². The van der Waals surface area contributed by atoms with E-state index in [2.05, 4.69) is 25.0 Å². The molecule has 0 bridgehead atoms. The van der Waals surface area contributed by atoms with Gasteiger partial charge in [0.15, 0.2) is 11.5 Å². The van der Waals surface area contributed by atoms with Crippen LogP contribution in [0, 0.1) is 18.7 Å². The number of imidazole rings is 1. The van der Waals surface area contributed by atoms with E-state index in [-0.39, 0.29) is 46.9 Å². The van der Waals surface area contributed by atoms with Crippen molar-refractivity contribution in [3.8, 4) is 17.1 Å². The number of aromatic nitrogens is 4. The number of hydrogen-bond donors (Lipinski definition) is 2. The van der Waals surface area contributed by atoms with Crippen molar-refractivity contribution in [1.82, 2.24) is 19.5 Å². The third-order valence-corrected chi connectivity index (χ3v) is 7.73. The van der Waals surface area contributed by atoms with E-state index in [1.54, 1.807) is 35.8 Å². The number of anilines is 1. The van der Waals surface area contributed by atoms with Gasteiger partial charge in [-0.25, -0.2) is 24.1 Å². The number of aryl methyl sites for hydroxylation is 1. The van der Waals surface area contributed by atoms with Crippen LogP contribution in [-0.2, 0) is 6.54 Å². The number of alkyl halides is 3. The van der Waals surface area contributed by atoms with Crippen LogP contribution in [-0.4, -0.2) is 43.0 Å². The van der Waals surface area contributed by atoms with E-state index in [0.717, 1.165) is 24.8 Å². The van der Waals surface area contributed by atoms with E-state index >= 15 is 0 Å². The van der Waals surface area contributed by atoms with Crippen LogP contribution in [0.4, 0.5) is 23.4 Å². The van der Waals surface area contributed by atoms with E-state index in [4.69, 9.17) is 0 Å². The van der Waals surface area contributed by atoms with Gasteiger partial charge in [-0.05, 0) is 73.4 Å². The first-order valence-electron chi connectivity index (χ1n) is 13.7. The predicted molar refractivity (Wildman–Crippen MR) is 149 cm³/mol. The maximum absolute atomic E-state index is 14.6. The molecule has 2 heterocycles. The van der Waals surface area contributed by atoms with E-state index in [0.29, 0.717) is 17.0 Å². The lowest BCUT2D eigenvalue weighted by Gasteiger charge is -2.32. The molecule has 5 rings (SSSR count). The zero-order valence-electron chi connectivity index (χ0n) is 23.6. The molecule has 1 aliphatic rings. The fourth-order valence-corrected chi connectivity index (χ4v) is 5.08. The Morgan fingerprint density at radius 3 is 2.45 bits per heavy atom. The molecule has 0 spiro atoms. The highest BCUT2D eigenvalue weighted by Crippen LogP contribution is 2.39. The van der Waals surface area contributed by atoms with Gasteiger partial charge in [-0.2, -0.15) is 0 Å². The van der Waals surface area contributed by atoms with Gasteiger partial charge in [0.1, 0.15) is 22.9 Å². The second-order valence-corrected chi connectivity index (χ2v) is 11.1. The number of carboxylic acid groups (broad SMARTS) is 1. The van der Waals surface area contributed by atoms with Crippen LogP contribution >= 0.6 is 0 Å². The summed E-state index contributed by atoms with van der Waals surface area (Å²) in [6, 6.07) is 8.94. The number of ether oxygens (including phenoxy) is 1. The molecule has 1 fully saturated rings. The Morgan fingerprint density at radius 1 is 1.12 bits per heavy atom. The number of fused-ring (bicyclic) bond motifs is 1. The van der Waals surface area contributed by atoms with E-state index in [9.17, 15) is 27.5 Å². The number of nitrogens with one attached hydrogen (secondary N) is 1. The fourth-order valence-electron chi connectivity index (χ4n) is 5.08. The molecule has 1 saturated carbocycles. The second-order valence-electron chi connectivity index (χ2n) is 11.1. The molecule has 8 nitrogen and oxygen atoms in total.